The van der Waals surface area contributed by atoms with Gasteiger partial charge in [-0.3, -0.25) is 23.6 Å². The molecule has 3 rings (SSSR count). The summed E-state index contributed by atoms with van der Waals surface area (Å²) in [6, 6.07) is 0. The molecule has 0 bridgehead atoms. The van der Waals surface area contributed by atoms with Crippen LogP contribution >= 0.6 is 15.9 Å². The van der Waals surface area contributed by atoms with Crippen molar-refractivity contribution >= 4 is 39.1 Å². The third-order valence-electron chi connectivity index (χ3n) is 4.50. The number of halogens is 1. The lowest BCUT2D eigenvalue weighted by Crippen LogP contribution is -2.23. The molecule has 11 heteroatoms. The van der Waals surface area contributed by atoms with Crippen LogP contribution in [0.25, 0.3) is 0 Å². The maximum Gasteiger partial charge on any atom is 0.276 e. The fourth-order valence-electron chi connectivity index (χ4n) is 2.76. The molecule has 28 heavy (non-hydrogen) atoms. The molecule has 0 fully saturated rings. The van der Waals surface area contributed by atoms with Crippen LogP contribution in [0.15, 0.2) is 16.9 Å². The quantitative estimate of drug-likeness (QED) is 0.619. The molecule has 0 aromatic carbocycles. The predicted molar refractivity (Wildman–Crippen MR) is 107 cm³/mol. The van der Waals surface area contributed by atoms with Crippen molar-refractivity contribution in [2.24, 2.45) is 14.1 Å². The van der Waals surface area contributed by atoms with Gasteiger partial charge in [0.1, 0.15) is 12.2 Å². The molecule has 3 heterocycles. The van der Waals surface area contributed by atoms with E-state index in [1.54, 1.807) is 29.7 Å². The van der Waals surface area contributed by atoms with E-state index in [0.717, 1.165) is 21.6 Å². The molecular formula is C17H21BrN8O2. The molecule has 0 atom stereocenters. The lowest BCUT2D eigenvalue weighted by atomic mass is 10.3. The van der Waals surface area contributed by atoms with Crippen LogP contribution in [0.1, 0.15) is 27.6 Å². The average molecular weight is 449 g/mol. The second kappa shape index (κ2) is 7.58. The van der Waals surface area contributed by atoms with Gasteiger partial charge in [0, 0.05) is 14.1 Å². The molecule has 3 aromatic heterocycles. The molecule has 0 saturated carbocycles. The van der Waals surface area contributed by atoms with Crippen molar-refractivity contribution in [3.05, 3.63) is 39.6 Å². The van der Waals surface area contributed by atoms with E-state index < -0.39 is 0 Å². The first-order valence-corrected chi connectivity index (χ1v) is 9.29. The van der Waals surface area contributed by atoms with E-state index >= 15 is 0 Å². The normalized spacial score (nSPS) is 10.9. The van der Waals surface area contributed by atoms with Crippen molar-refractivity contribution in [2.45, 2.75) is 27.3 Å². The summed E-state index contributed by atoms with van der Waals surface area (Å²) in [6.45, 7) is 5.60. The summed E-state index contributed by atoms with van der Waals surface area (Å²) >= 11 is 3.44. The maximum atomic E-state index is 12.7. The largest absolute Gasteiger partial charge is 0.321 e. The van der Waals surface area contributed by atoms with Gasteiger partial charge < -0.3 is 10.6 Å². The van der Waals surface area contributed by atoms with E-state index in [1.807, 2.05) is 20.8 Å². The highest BCUT2D eigenvalue weighted by Crippen LogP contribution is 2.21. The Balaban J connectivity index is 1.76. The molecule has 10 nitrogen and oxygen atoms in total. The van der Waals surface area contributed by atoms with Crippen LogP contribution in [0.5, 0.6) is 0 Å². The van der Waals surface area contributed by atoms with E-state index in [2.05, 4.69) is 41.9 Å². The van der Waals surface area contributed by atoms with E-state index in [-0.39, 0.29) is 24.1 Å². The number of hydrogen-bond donors (Lipinski definition) is 2. The topological polar surface area (TPSA) is 112 Å². The van der Waals surface area contributed by atoms with Crippen molar-refractivity contribution in [3.8, 4) is 0 Å². The number of aryl methyl sites for hydroxylation is 3. The molecule has 148 valence electrons. The zero-order valence-corrected chi connectivity index (χ0v) is 17.8. The van der Waals surface area contributed by atoms with Crippen LogP contribution in [0, 0.1) is 20.8 Å². The number of hydrogen-bond acceptors (Lipinski definition) is 5. The lowest BCUT2D eigenvalue weighted by molar-refractivity contribution is -0.116. The molecular weight excluding hydrogens is 428 g/mol. The van der Waals surface area contributed by atoms with Gasteiger partial charge in [0.2, 0.25) is 5.91 Å². The Labute approximate surface area is 170 Å². The lowest BCUT2D eigenvalue weighted by Gasteiger charge is -2.09. The molecule has 2 N–H and O–H groups in total. The Morgan fingerprint density at radius 1 is 1.00 bits per heavy atom. The smallest absolute Gasteiger partial charge is 0.276 e. The molecule has 0 spiro atoms. The number of amides is 2. The second-order valence-electron chi connectivity index (χ2n) is 6.44. The van der Waals surface area contributed by atoms with Gasteiger partial charge in [-0.1, -0.05) is 0 Å². The molecule has 0 saturated heterocycles. The first kappa shape index (κ1) is 19.8. The minimum absolute atomic E-state index is 0.0238. The number of rotatable bonds is 5. The van der Waals surface area contributed by atoms with Gasteiger partial charge in [0.05, 0.1) is 45.3 Å². The standard InChI is InChI=1S/C17H21BrN8O2/c1-9-15(18)11(3)26(23-9)8-14(27)21-13-7-20-25(5)16(13)17(28)22-12-6-19-24(4)10(12)2/h6-7H,8H2,1-5H3,(H,21,27)(H,22,28). The van der Waals surface area contributed by atoms with Gasteiger partial charge in [-0.2, -0.15) is 15.3 Å². The molecule has 0 aliphatic heterocycles. The molecule has 0 aliphatic rings. The van der Waals surface area contributed by atoms with Gasteiger partial charge in [-0.15, -0.1) is 0 Å². The van der Waals surface area contributed by atoms with Crippen molar-refractivity contribution in [1.82, 2.24) is 29.3 Å². The van der Waals surface area contributed by atoms with Crippen molar-refractivity contribution in [3.63, 3.8) is 0 Å². The zero-order chi connectivity index (χ0) is 20.6. The summed E-state index contributed by atoms with van der Waals surface area (Å²) in [5, 5.41) is 18.1. The number of carbonyl (C=O) groups is 2. The number of nitrogens with one attached hydrogen (secondary N) is 2. The third kappa shape index (κ3) is 3.70. The van der Waals surface area contributed by atoms with Crippen molar-refractivity contribution in [1.29, 1.82) is 0 Å². The molecule has 0 radical (unpaired) electrons. The summed E-state index contributed by atoms with van der Waals surface area (Å²) in [4.78, 5) is 25.2. The van der Waals surface area contributed by atoms with E-state index in [0.29, 0.717) is 11.4 Å². The Hall–Kier alpha value is -2.95. The van der Waals surface area contributed by atoms with E-state index in [4.69, 9.17) is 0 Å². The maximum absolute atomic E-state index is 12.7. The van der Waals surface area contributed by atoms with Crippen LogP contribution in [0.3, 0.4) is 0 Å². The minimum Gasteiger partial charge on any atom is -0.321 e. The van der Waals surface area contributed by atoms with Crippen LogP contribution < -0.4 is 10.6 Å². The summed E-state index contributed by atoms with van der Waals surface area (Å²) in [6.07, 6.45) is 3.02. The second-order valence-corrected chi connectivity index (χ2v) is 7.24. The number of carbonyl (C=O) groups excluding carboxylic acids is 2. The monoisotopic (exact) mass is 448 g/mol. The van der Waals surface area contributed by atoms with Crippen LogP contribution in [0.4, 0.5) is 11.4 Å². The van der Waals surface area contributed by atoms with E-state index in [1.165, 1.54) is 10.9 Å². The predicted octanol–water partition coefficient (Wildman–Crippen LogP) is 1.93. The summed E-state index contributed by atoms with van der Waals surface area (Å²) in [5.41, 5.74) is 3.63. The highest BCUT2D eigenvalue weighted by Gasteiger charge is 2.21. The van der Waals surface area contributed by atoms with Gasteiger partial charge >= 0.3 is 0 Å². The fraction of sp³-hybridized carbons (Fsp3) is 0.353. The third-order valence-corrected chi connectivity index (χ3v) is 5.65. The van der Waals surface area contributed by atoms with Crippen LogP contribution in [0.2, 0.25) is 0 Å². The average Bonchev–Trinajstić information content (AvgIpc) is 3.23. The minimum atomic E-state index is -0.389. The number of aromatic nitrogens is 6. The van der Waals surface area contributed by atoms with Crippen LogP contribution in [-0.2, 0) is 25.4 Å². The van der Waals surface area contributed by atoms with Gasteiger partial charge in [-0.25, -0.2) is 0 Å². The number of anilines is 2. The first-order valence-electron chi connectivity index (χ1n) is 8.50. The highest BCUT2D eigenvalue weighted by molar-refractivity contribution is 9.10. The molecule has 0 aliphatic carbocycles. The Kier molecular flexibility index (Phi) is 5.36. The Morgan fingerprint density at radius 2 is 1.64 bits per heavy atom. The van der Waals surface area contributed by atoms with Gasteiger partial charge in [0.25, 0.3) is 5.91 Å². The zero-order valence-electron chi connectivity index (χ0n) is 16.2. The summed E-state index contributed by atoms with van der Waals surface area (Å²) in [7, 11) is 3.43. The van der Waals surface area contributed by atoms with Crippen molar-refractivity contribution in [2.75, 3.05) is 10.6 Å². The van der Waals surface area contributed by atoms with Gasteiger partial charge in [0.15, 0.2) is 0 Å². The molecule has 0 unspecified atom stereocenters. The van der Waals surface area contributed by atoms with E-state index in [9.17, 15) is 9.59 Å². The Bertz CT molecular complexity index is 1060. The summed E-state index contributed by atoms with van der Waals surface area (Å²) < 4.78 is 5.54. The van der Waals surface area contributed by atoms with Crippen LogP contribution in [-0.4, -0.2) is 41.2 Å². The fourth-order valence-corrected chi connectivity index (χ4v) is 3.04. The molecule has 3 aromatic rings. The van der Waals surface area contributed by atoms with Gasteiger partial charge in [-0.05, 0) is 36.7 Å². The number of nitrogens with zero attached hydrogens (tertiary/aromatic N) is 6. The first-order chi connectivity index (χ1) is 13.2. The van der Waals surface area contributed by atoms with Crippen molar-refractivity contribution < 1.29 is 9.59 Å². The SMILES string of the molecule is Cc1nn(CC(=O)Nc2cnn(C)c2C(=O)Nc2cnn(C)c2C)c(C)c1Br. The molecule has 2 amide bonds. The Morgan fingerprint density at radius 3 is 2.21 bits per heavy atom. The highest BCUT2D eigenvalue weighted by atomic mass is 79.9. The summed E-state index contributed by atoms with van der Waals surface area (Å²) in [5.74, 6) is -0.696.